The minimum atomic E-state index is -0.632. The largest absolute Gasteiger partial charge is 0.389 e. The lowest BCUT2D eigenvalue weighted by atomic mass is 10.0. The minimum absolute atomic E-state index is 0.00435. The third-order valence-electron chi connectivity index (χ3n) is 2.46. The third-order valence-corrected chi connectivity index (χ3v) is 2.46. The zero-order valence-corrected chi connectivity index (χ0v) is 8.16. The lowest BCUT2D eigenvalue weighted by Crippen LogP contribution is -2.59. The number of nitrogens with one attached hydrogen (secondary N) is 2. The van der Waals surface area contributed by atoms with Crippen molar-refractivity contribution < 1.29 is 10.2 Å². The summed E-state index contributed by atoms with van der Waals surface area (Å²) in [5.74, 6) is 0. The van der Waals surface area contributed by atoms with Gasteiger partial charge in [0, 0.05) is 19.1 Å². The second-order valence-corrected chi connectivity index (χ2v) is 3.63. The van der Waals surface area contributed by atoms with Crippen molar-refractivity contribution in [3.63, 3.8) is 0 Å². The first-order valence-electron chi connectivity index (χ1n) is 5.06. The number of aliphatic hydroxyl groups excluding tert-OH is 2. The average molecular weight is 188 g/mol. The molecule has 0 amide bonds. The Hall–Kier alpha value is -0.160. The predicted octanol–water partition coefficient (Wildman–Crippen LogP) is -0.930. The van der Waals surface area contributed by atoms with Crippen LogP contribution in [0.4, 0.5) is 0 Å². The van der Waals surface area contributed by atoms with Gasteiger partial charge in [0.2, 0.25) is 0 Å². The summed E-state index contributed by atoms with van der Waals surface area (Å²) in [6.07, 6.45) is 0.997. The molecule has 0 saturated carbocycles. The van der Waals surface area contributed by atoms with E-state index in [1.807, 2.05) is 0 Å². The summed E-state index contributed by atoms with van der Waals surface area (Å²) in [7, 11) is 0. The molecule has 0 aromatic carbocycles. The van der Waals surface area contributed by atoms with Crippen LogP contribution in [0.1, 0.15) is 19.8 Å². The summed E-state index contributed by atoms with van der Waals surface area (Å²) in [5, 5.41) is 25.2. The molecule has 0 radical (unpaired) electrons. The molecule has 0 aliphatic carbocycles. The van der Waals surface area contributed by atoms with Gasteiger partial charge in [-0.2, -0.15) is 0 Å². The van der Waals surface area contributed by atoms with E-state index in [4.69, 9.17) is 0 Å². The Morgan fingerprint density at radius 1 is 1.38 bits per heavy atom. The van der Waals surface area contributed by atoms with E-state index in [1.165, 1.54) is 0 Å². The van der Waals surface area contributed by atoms with Crippen molar-refractivity contribution in [3.05, 3.63) is 0 Å². The molecule has 4 nitrogen and oxygen atoms in total. The Bertz CT molecular complexity index is 144. The molecule has 1 aliphatic heterocycles. The van der Waals surface area contributed by atoms with Gasteiger partial charge in [0.1, 0.15) is 0 Å². The first-order chi connectivity index (χ1) is 6.25. The Kier molecular flexibility index (Phi) is 4.66. The number of unbranched alkanes of at least 4 members (excludes halogenated alkanes) is 1. The molecule has 1 fully saturated rings. The Balaban J connectivity index is 2.23. The van der Waals surface area contributed by atoms with Gasteiger partial charge in [-0.25, -0.2) is 0 Å². The molecule has 1 aliphatic rings. The Morgan fingerprint density at radius 3 is 2.85 bits per heavy atom. The van der Waals surface area contributed by atoms with Crippen LogP contribution in [-0.4, -0.2) is 48.1 Å². The molecule has 0 spiro atoms. The first-order valence-corrected chi connectivity index (χ1v) is 5.06. The number of hydrogen-bond acceptors (Lipinski definition) is 4. The van der Waals surface area contributed by atoms with Gasteiger partial charge in [-0.15, -0.1) is 0 Å². The lowest BCUT2D eigenvalue weighted by molar-refractivity contribution is -0.0200. The van der Waals surface area contributed by atoms with E-state index in [1.54, 1.807) is 0 Å². The highest BCUT2D eigenvalue weighted by molar-refractivity contribution is 4.88. The summed E-state index contributed by atoms with van der Waals surface area (Å²) in [6.45, 7) is 4.27. The average Bonchev–Trinajstić information content (AvgIpc) is 2.13. The fourth-order valence-corrected chi connectivity index (χ4v) is 1.55. The van der Waals surface area contributed by atoms with Crippen molar-refractivity contribution in [2.45, 2.75) is 38.0 Å². The molecule has 1 heterocycles. The van der Waals surface area contributed by atoms with Crippen molar-refractivity contribution in [2.75, 3.05) is 19.6 Å². The summed E-state index contributed by atoms with van der Waals surface area (Å²) in [6, 6.07) is -0.00435. The van der Waals surface area contributed by atoms with Crippen LogP contribution in [0, 0.1) is 0 Å². The van der Waals surface area contributed by atoms with Crippen LogP contribution in [0.15, 0.2) is 0 Å². The normalized spacial score (nSPS) is 34.8. The third kappa shape index (κ3) is 3.23. The van der Waals surface area contributed by atoms with Crippen LogP contribution in [0.5, 0.6) is 0 Å². The van der Waals surface area contributed by atoms with Crippen molar-refractivity contribution >= 4 is 0 Å². The summed E-state index contributed by atoms with van der Waals surface area (Å²) >= 11 is 0. The molecule has 0 aromatic rings. The van der Waals surface area contributed by atoms with Crippen LogP contribution < -0.4 is 10.6 Å². The van der Waals surface area contributed by atoms with Gasteiger partial charge in [-0.1, -0.05) is 13.3 Å². The topological polar surface area (TPSA) is 64.5 Å². The standard InChI is InChI=1S/C9H20N2O2/c1-2-3-4-11-7-5-10-6-8(12)9(7)13/h7-13H,2-6H2,1H3/t7-,8+,9-/m0/s1. The number of hydrogen-bond donors (Lipinski definition) is 4. The second kappa shape index (κ2) is 5.54. The highest BCUT2D eigenvalue weighted by Gasteiger charge is 2.29. The van der Waals surface area contributed by atoms with E-state index >= 15 is 0 Å². The fraction of sp³-hybridized carbons (Fsp3) is 1.00. The zero-order chi connectivity index (χ0) is 9.68. The van der Waals surface area contributed by atoms with Crippen molar-refractivity contribution in [3.8, 4) is 0 Å². The van der Waals surface area contributed by atoms with Gasteiger partial charge in [0.05, 0.1) is 12.2 Å². The predicted molar refractivity (Wildman–Crippen MR) is 51.6 cm³/mol. The number of piperidine rings is 1. The maximum absolute atomic E-state index is 9.58. The maximum Gasteiger partial charge on any atom is 0.0976 e. The maximum atomic E-state index is 9.58. The lowest BCUT2D eigenvalue weighted by Gasteiger charge is -2.33. The van der Waals surface area contributed by atoms with Crippen LogP contribution in [0.25, 0.3) is 0 Å². The van der Waals surface area contributed by atoms with Crippen LogP contribution in [0.3, 0.4) is 0 Å². The van der Waals surface area contributed by atoms with E-state index < -0.39 is 12.2 Å². The molecule has 78 valence electrons. The van der Waals surface area contributed by atoms with Gasteiger partial charge < -0.3 is 20.8 Å². The minimum Gasteiger partial charge on any atom is -0.389 e. The van der Waals surface area contributed by atoms with E-state index in [0.717, 1.165) is 25.9 Å². The van der Waals surface area contributed by atoms with Gasteiger partial charge in [-0.3, -0.25) is 0 Å². The van der Waals surface area contributed by atoms with E-state index in [9.17, 15) is 10.2 Å². The first kappa shape index (κ1) is 10.9. The Morgan fingerprint density at radius 2 is 2.15 bits per heavy atom. The summed E-state index contributed by atoms with van der Waals surface area (Å²) < 4.78 is 0. The van der Waals surface area contributed by atoms with Crippen molar-refractivity contribution in [2.24, 2.45) is 0 Å². The molecule has 0 bridgehead atoms. The molecular formula is C9H20N2O2. The summed E-state index contributed by atoms with van der Waals surface area (Å²) in [4.78, 5) is 0. The van der Waals surface area contributed by atoms with Gasteiger partial charge in [0.25, 0.3) is 0 Å². The molecule has 0 aromatic heterocycles. The van der Waals surface area contributed by atoms with Crippen molar-refractivity contribution in [1.82, 2.24) is 10.6 Å². The van der Waals surface area contributed by atoms with E-state index in [-0.39, 0.29) is 6.04 Å². The van der Waals surface area contributed by atoms with Gasteiger partial charge >= 0.3 is 0 Å². The highest BCUT2D eigenvalue weighted by atomic mass is 16.3. The van der Waals surface area contributed by atoms with Crippen LogP contribution in [-0.2, 0) is 0 Å². The molecule has 1 rings (SSSR count). The molecular weight excluding hydrogens is 168 g/mol. The molecule has 13 heavy (non-hydrogen) atoms. The molecule has 0 unspecified atom stereocenters. The van der Waals surface area contributed by atoms with Crippen LogP contribution in [0.2, 0.25) is 0 Å². The molecule has 4 N–H and O–H groups in total. The molecule has 3 atom stereocenters. The molecule has 4 heteroatoms. The number of rotatable bonds is 4. The fourth-order valence-electron chi connectivity index (χ4n) is 1.55. The monoisotopic (exact) mass is 188 g/mol. The number of β-amino-alcohol motifs (C(OH)–C–C–N with tert-alkyl or cyclic N) is 1. The quantitative estimate of drug-likeness (QED) is 0.430. The number of aliphatic hydroxyl groups is 2. The van der Waals surface area contributed by atoms with Gasteiger partial charge in [0.15, 0.2) is 0 Å². The SMILES string of the molecule is CCCCN[C@H]1CNC[C@@H](O)[C@H]1O. The second-order valence-electron chi connectivity index (χ2n) is 3.63. The van der Waals surface area contributed by atoms with E-state index in [0.29, 0.717) is 6.54 Å². The Labute approximate surface area is 79.3 Å². The van der Waals surface area contributed by atoms with Crippen molar-refractivity contribution in [1.29, 1.82) is 0 Å². The van der Waals surface area contributed by atoms with Gasteiger partial charge in [-0.05, 0) is 13.0 Å². The summed E-state index contributed by atoms with van der Waals surface area (Å²) in [5.41, 5.74) is 0. The van der Waals surface area contributed by atoms with E-state index in [2.05, 4.69) is 17.6 Å². The zero-order valence-electron chi connectivity index (χ0n) is 8.16. The highest BCUT2D eigenvalue weighted by Crippen LogP contribution is 2.04. The van der Waals surface area contributed by atoms with Crippen LogP contribution >= 0.6 is 0 Å². The molecule has 1 saturated heterocycles. The smallest absolute Gasteiger partial charge is 0.0976 e.